The molecule has 0 radical (unpaired) electrons. The van der Waals surface area contributed by atoms with Crippen molar-refractivity contribution in [3.63, 3.8) is 0 Å². The smallest absolute Gasteiger partial charge is 0.227 e. The molecule has 0 heterocycles. The summed E-state index contributed by atoms with van der Waals surface area (Å²) in [6.45, 7) is 0. The maximum atomic E-state index is 11.9. The molecule has 1 amide bonds. The van der Waals surface area contributed by atoms with Crippen molar-refractivity contribution in [2.24, 2.45) is 5.92 Å². The third-order valence-electron chi connectivity index (χ3n) is 3.09. The number of nitrogens with one attached hydrogen (secondary N) is 1. The summed E-state index contributed by atoms with van der Waals surface area (Å²) in [6, 6.07) is 6.68. The van der Waals surface area contributed by atoms with Crippen molar-refractivity contribution in [3.05, 3.63) is 24.3 Å². The summed E-state index contributed by atoms with van der Waals surface area (Å²) in [7, 11) is 0. The van der Waals surface area contributed by atoms with Gasteiger partial charge in [0.1, 0.15) is 5.75 Å². The number of carbonyl (C=O) groups is 1. The van der Waals surface area contributed by atoms with Gasteiger partial charge in [-0.25, -0.2) is 0 Å². The van der Waals surface area contributed by atoms with E-state index in [2.05, 4.69) is 5.32 Å². The second kappa shape index (κ2) is 5.01. The van der Waals surface area contributed by atoms with E-state index in [1.165, 1.54) is 6.42 Å². The highest BCUT2D eigenvalue weighted by Gasteiger charge is 2.20. The molecule has 3 nitrogen and oxygen atoms in total. The first-order valence-electron chi connectivity index (χ1n) is 5.85. The van der Waals surface area contributed by atoms with Crippen LogP contribution < -0.4 is 5.32 Å². The second-order valence-corrected chi connectivity index (χ2v) is 4.37. The van der Waals surface area contributed by atoms with Crippen LogP contribution in [0.25, 0.3) is 0 Å². The number of carbonyl (C=O) groups excluding carboxylic acids is 1. The lowest BCUT2D eigenvalue weighted by molar-refractivity contribution is -0.120. The minimum absolute atomic E-state index is 0.0882. The topological polar surface area (TPSA) is 49.3 Å². The summed E-state index contributed by atoms with van der Waals surface area (Å²) in [5, 5.41) is 12.1. The molecule has 1 saturated carbocycles. The summed E-state index contributed by atoms with van der Waals surface area (Å²) < 4.78 is 0. The first kappa shape index (κ1) is 11.0. The van der Waals surface area contributed by atoms with Crippen LogP contribution in [0.3, 0.4) is 0 Å². The van der Waals surface area contributed by atoms with Crippen molar-refractivity contribution in [1.82, 2.24) is 0 Å². The van der Waals surface area contributed by atoms with Crippen molar-refractivity contribution in [1.29, 1.82) is 0 Å². The Bertz CT molecular complexity index is 370. The van der Waals surface area contributed by atoms with Crippen LogP contribution in [-0.4, -0.2) is 11.0 Å². The molecule has 1 fully saturated rings. The van der Waals surface area contributed by atoms with E-state index in [1.54, 1.807) is 24.3 Å². The number of anilines is 1. The van der Waals surface area contributed by atoms with Gasteiger partial charge in [-0.1, -0.05) is 25.3 Å². The Labute approximate surface area is 95.5 Å². The Hall–Kier alpha value is -1.51. The van der Waals surface area contributed by atoms with Gasteiger partial charge in [0.15, 0.2) is 0 Å². The highest BCUT2D eigenvalue weighted by atomic mass is 16.3. The van der Waals surface area contributed by atoms with Crippen molar-refractivity contribution in [2.75, 3.05) is 5.32 Å². The number of rotatable bonds is 2. The number of aromatic hydroxyl groups is 1. The van der Waals surface area contributed by atoms with E-state index in [-0.39, 0.29) is 17.6 Å². The fraction of sp³-hybridized carbons (Fsp3) is 0.462. The molecule has 0 atom stereocenters. The Morgan fingerprint density at radius 3 is 2.69 bits per heavy atom. The lowest BCUT2D eigenvalue weighted by atomic mass is 9.88. The summed E-state index contributed by atoms with van der Waals surface area (Å²) in [5.74, 6) is 0.419. The van der Waals surface area contributed by atoms with Crippen LogP contribution >= 0.6 is 0 Å². The van der Waals surface area contributed by atoms with Crippen LogP contribution in [0.5, 0.6) is 5.75 Å². The minimum atomic E-state index is 0.0882. The molecule has 0 bridgehead atoms. The van der Waals surface area contributed by atoms with Crippen LogP contribution in [0.1, 0.15) is 32.1 Å². The quantitative estimate of drug-likeness (QED) is 0.803. The van der Waals surface area contributed by atoms with Gasteiger partial charge >= 0.3 is 0 Å². The molecule has 3 heteroatoms. The molecule has 1 aliphatic carbocycles. The first-order valence-corrected chi connectivity index (χ1v) is 5.85. The number of hydrogen-bond acceptors (Lipinski definition) is 2. The van der Waals surface area contributed by atoms with Gasteiger partial charge in [0.05, 0.1) is 0 Å². The fourth-order valence-corrected chi connectivity index (χ4v) is 2.19. The molecular formula is C13H17NO2. The molecule has 1 aliphatic rings. The van der Waals surface area contributed by atoms with Gasteiger partial charge in [-0.05, 0) is 25.0 Å². The average Bonchev–Trinajstić information content (AvgIpc) is 2.30. The van der Waals surface area contributed by atoms with E-state index in [1.807, 2.05) is 0 Å². The highest BCUT2D eigenvalue weighted by molar-refractivity contribution is 5.92. The van der Waals surface area contributed by atoms with Crippen LogP contribution in [0.4, 0.5) is 5.69 Å². The van der Waals surface area contributed by atoms with Crippen molar-refractivity contribution >= 4 is 11.6 Å². The van der Waals surface area contributed by atoms with Crippen molar-refractivity contribution in [3.8, 4) is 5.75 Å². The molecule has 16 heavy (non-hydrogen) atoms. The number of phenols is 1. The molecule has 0 saturated heterocycles. The Morgan fingerprint density at radius 2 is 2.00 bits per heavy atom. The lowest BCUT2D eigenvalue weighted by Gasteiger charge is -2.20. The zero-order chi connectivity index (χ0) is 11.4. The van der Waals surface area contributed by atoms with E-state index in [0.717, 1.165) is 25.7 Å². The van der Waals surface area contributed by atoms with Gasteiger partial charge in [-0.3, -0.25) is 4.79 Å². The maximum Gasteiger partial charge on any atom is 0.227 e. The largest absolute Gasteiger partial charge is 0.508 e. The van der Waals surface area contributed by atoms with Gasteiger partial charge in [0.2, 0.25) is 5.91 Å². The number of benzene rings is 1. The first-order chi connectivity index (χ1) is 7.75. The van der Waals surface area contributed by atoms with Gasteiger partial charge in [0, 0.05) is 17.7 Å². The monoisotopic (exact) mass is 219 g/mol. The van der Waals surface area contributed by atoms with E-state index in [0.29, 0.717) is 5.69 Å². The van der Waals surface area contributed by atoms with Gasteiger partial charge < -0.3 is 10.4 Å². The van der Waals surface area contributed by atoms with Crippen LogP contribution in [0.15, 0.2) is 24.3 Å². The van der Waals surface area contributed by atoms with Crippen LogP contribution in [0.2, 0.25) is 0 Å². The third kappa shape index (κ3) is 2.75. The molecule has 1 aromatic rings. The van der Waals surface area contributed by atoms with E-state index in [9.17, 15) is 9.90 Å². The van der Waals surface area contributed by atoms with E-state index < -0.39 is 0 Å². The molecular weight excluding hydrogens is 202 g/mol. The maximum absolute atomic E-state index is 11.9. The Kier molecular flexibility index (Phi) is 3.44. The molecule has 2 N–H and O–H groups in total. The van der Waals surface area contributed by atoms with E-state index in [4.69, 9.17) is 0 Å². The van der Waals surface area contributed by atoms with Crippen LogP contribution in [-0.2, 0) is 4.79 Å². The fourth-order valence-electron chi connectivity index (χ4n) is 2.19. The van der Waals surface area contributed by atoms with Crippen LogP contribution in [0, 0.1) is 5.92 Å². The molecule has 2 rings (SSSR count). The van der Waals surface area contributed by atoms with Crippen molar-refractivity contribution in [2.45, 2.75) is 32.1 Å². The van der Waals surface area contributed by atoms with Crippen molar-refractivity contribution < 1.29 is 9.90 Å². The average molecular weight is 219 g/mol. The molecule has 0 unspecified atom stereocenters. The molecule has 0 spiro atoms. The summed E-state index contributed by atoms with van der Waals surface area (Å²) >= 11 is 0. The SMILES string of the molecule is O=C(Nc1cccc(O)c1)C1CCCCC1. The number of hydrogen-bond donors (Lipinski definition) is 2. The standard InChI is InChI=1S/C13H17NO2/c15-12-8-4-7-11(9-12)14-13(16)10-5-2-1-3-6-10/h4,7-10,15H,1-3,5-6H2,(H,14,16). The number of amides is 1. The second-order valence-electron chi connectivity index (χ2n) is 4.37. The summed E-state index contributed by atoms with van der Waals surface area (Å²) in [4.78, 5) is 11.9. The molecule has 0 aromatic heterocycles. The van der Waals surface area contributed by atoms with Gasteiger partial charge in [-0.15, -0.1) is 0 Å². The number of phenolic OH excluding ortho intramolecular Hbond substituents is 1. The van der Waals surface area contributed by atoms with E-state index >= 15 is 0 Å². The zero-order valence-corrected chi connectivity index (χ0v) is 9.28. The summed E-state index contributed by atoms with van der Waals surface area (Å²) in [6.07, 6.45) is 5.53. The lowest BCUT2D eigenvalue weighted by Crippen LogP contribution is -2.24. The normalized spacial score (nSPS) is 17.0. The third-order valence-corrected chi connectivity index (χ3v) is 3.09. The predicted octanol–water partition coefficient (Wildman–Crippen LogP) is 2.91. The zero-order valence-electron chi connectivity index (χ0n) is 9.28. The summed E-state index contributed by atoms with van der Waals surface area (Å²) in [5.41, 5.74) is 0.676. The van der Waals surface area contributed by atoms with Gasteiger partial charge in [-0.2, -0.15) is 0 Å². The van der Waals surface area contributed by atoms with Gasteiger partial charge in [0.25, 0.3) is 0 Å². The molecule has 86 valence electrons. The minimum Gasteiger partial charge on any atom is -0.508 e. The molecule has 1 aromatic carbocycles. The molecule has 0 aliphatic heterocycles. The highest BCUT2D eigenvalue weighted by Crippen LogP contribution is 2.25. The Morgan fingerprint density at radius 1 is 1.25 bits per heavy atom. The predicted molar refractivity (Wildman–Crippen MR) is 63.3 cm³/mol. The Balaban J connectivity index is 1.96.